The Hall–Kier alpha value is -2.79. The lowest BCUT2D eigenvalue weighted by molar-refractivity contribution is -0.112. The fourth-order valence-corrected chi connectivity index (χ4v) is 3.39. The highest BCUT2D eigenvalue weighted by atomic mass is 127. The van der Waals surface area contributed by atoms with E-state index >= 15 is 0 Å². The van der Waals surface area contributed by atoms with Crippen molar-refractivity contribution in [2.75, 3.05) is 19.0 Å². The van der Waals surface area contributed by atoms with Crippen LogP contribution < -0.4 is 14.8 Å². The van der Waals surface area contributed by atoms with Crippen molar-refractivity contribution < 1.29 is 14.3 Å². The zero-order valence-corrected chi connectivity index (χ0v) is 18.2. The molecule has 0 heterocycles. The van der Waals surface area contributed by atoms with Crippen LogP contribution in [0, 0.1) is 28.7 Å². The van der Waals surface area contributed by atoms with Crippen LogP contribution in [0.25, 0.3) is 6.08 Å². The first-order chi connectivity index (χ1) is 13.4. The number of carbonyl (C=O) groups excluding carboxylic acids is 1. The predicted molar refractivity (Wildman–Crippen MR) is 120 cm³/mol. The molecule has 2 aromatic carbocycles. The minimum absolute atomic E-state index is 0.000246. The summed E-state index contributed by atoms with van der Waals surface area (Å²) in [5.41, 5.74) is 3.26. The van der Waals surface area contributed by atoms with E-state index in [0.717, 1.165) is 14.7 Å². The molecule has 0 saturated heterocycles. The number of methoxy groups -OCH3 is 1. The van der Waals surface area contributed by atoms with Crippen LogP contribution >= 0.6 is 22.6 Å². The van der Waals surface area contributed by atoms with Gasteiger partial charge in [0.25, 0.3) is 5.91 Å². The molecule has 0 aliphatic heterocycles. The monoisotopic (exact) mass is 488 g/mol. The Kier molecular flexibility index (Phi) is 7.64. The van der Waals surface area contributed by atoms with Crippen molar-refractivity contribution in [3.8, 4) is 17.6 Å². The first-order valence-electron chi connectivity index (χ1n) is 8.51. The van der Waals surface area contributed by atoms with E-state index in [1.165, 1.54) is 6.08 Å². The third-order valence-electron chi connectivity index (χ3n) is 3.99. The number of ether oxygens (including phenoxy) is 2. The van der Waals surface area contributed by atoms with Gasteiger partial charge in [0.2, 0.25) is 0 Å². The summed E-state index contributed by atoms with van der Waals surface area (Å²) in [6, 6.07) is 11.3. The third kappa shape index (κ3) is 5.14. The number of nitriles is 1. The number of rotatable bonds is 7. The van der Waals surface area contributed by atoms with Crippen molar-refractivity contribution in [1.29, 1.82) is 5.26 Å². The highest BCUT2D eigenvalue weighted by molar-refractivity contribution is 14.1. The van der Waals surface area contributed by atoms with Crippen molar-refractivity contribution in [2.45, 2.75) is 13.8 Å². The van der Waals surface area contributed by atoms with Crippen LogP contribution in [0.4, 0.5) is 5.69 Å². The number of hydrogen-bond donors (Lipinski definition) is 1. The Morgan fingerprint density at radius 1 is 1.32 bits per heavy atom. The lowest BCUT2D eigenvalue weighted by Gasteiger charge is -2.13. The fourth-order valence-electron chi connectivity index (χ4n) is 2.61. The van der Waals surface area contributed by atoms with Crippen molar-refractivity contribution >= 4 is 40.3 Å². The molecule has 1 N–H and O–H groups in total. The maximum Gasteiger partial charge on any atom is 0.266 e. The molecule has 144 valence electrons. The minimum atomic E-state index is -0.458. The van der Waals surface area contributed by atoms with Crippen LogP contribution in [0.3, 0.4) is 0 Å². The number of amides is 1. The topological polar surface area (TPSA) is 71.3 Å². The van der Waals surface area contributed by atoms with Gasteiger partial charge in [0.05, 0.1) is 10.7 Å². The SMILES string of the molecule is C=CCOc1c(I)cc(/C=C(/C#N)C(=O)Nc2c(C)cccc2C)cc1OC. The highest BCUT2D eigenvalue weighted by Gasteiger charge is 2.15. The second-order valence-electron chi connectivity index (χ2n) is 6.02. The summed E-state index contributed by atoms with van der Waals surface area (Å²) >= 11 is 2.13. The Morgan fingerprint density at radius 2 is 2.00 bits per heavy atom. The van der Waals surface area contributed by atoms with E-state index in [0.29, 0.717) is 29.4 Å². The molecule has 0 aromatic heterocycles. The molecule has 5 nitrogen and oxygen atoms in total. The number of halogens is 1. The van der Waals surface area contributed by atoms with Crippen molar-refractivity contribution in [3.63, 3.8) is 0 Å². The van der Waals surface area contributed by atoms with Crippen LogP contribution in [-0.2, 0) is 4.79 Å². The van der Waals surface area contributed by atoms with E-state index in [1.54, 1.807) is 19.3 Å². The molecule has 6 heteroatoms. The average Bonchev–Trinajstić information content (AvgIpc) is 2.67. The number of nitrogens with zero attached hydrogens (tertiary/aromatic N) is 1. The van der Waals surface area contributed by atoms with E-state index in [9.17, 15) is 10.1 Å². The van der Waals surface area contributed by atoms with E-state index in [4.69, 9.17) is 9.47 Å². The van der Waals surface area contributed by atoms with Crippen LogP contribution in [0.1, 0.15) is 16.7 Å². The summed E-state index contributed by atoms with van der Waals surface area (Å²) in [6.45, 7) is 7.81. The number of para-hydroxylation sites is 1. The molecule has 0 spiro atoms. The van der Waals surface area contributed by atoms with Gasteiger partial charge in [0.1, 0.15) is 18.2 Å². The molecule has 0 unspecified atom stereocenters. The Balaban J connectivity index is 2.36. The summed E-state index contributed by atoms with van der Waals surface area (Å²) < 4.78 is 11.8. The summed E-state index contributed by atoms with van der Waals surface area (Å²) in [7, 11) is 1.54. The van der Waals surface area contributed by atoms with Gasteiger partial charge in [0.15, 0.2) is 11.5 Å². The number of hydrogen-bond acceptors (Lipinski definition) is 4. The van der Waals surface area contributed by atoms with Gasteiger partial charge in [-0.25, -0.2) is 0 Å². The fraction of sp³-hybridized carbons (Fsp3) is 0.182. The van der Waals surface area contributed by atoms with Gasteiger partial charge in [0, 0.05) is 5.69 Å². The molecular weight excluding hydrogens is 467 g/mol. The van der Waals surface area contributed by atoms with Gasteiger partial charge in [-0.2, -0.15) is 5.26 Å². The molecule has 0 radical (unpaired) electrons. The number of anilines is 1. The predicted octanol–water partition coefficient (Wildman–Crippen LogP) is 5.03. The number of carbonyl (C=O) groups is 1. The molecule has 0 aliphatic rings. The quantitative estimate of drug-likeness (QED) is 0.257. The van der Waals surface area contributed by atoms with Crippen LogP contribution in [0.5, 0.6) is 11.5 Å². The molecule has 2 rings (SSSR count). The summed E-state index contributed by atoms with van der Waals surface area (Å²) in [5, 5.41) is 12.3. The van der Waals surface area contributed by atoms with Crippen molar-refractivity contribution in [3.05, 3.63) is 68.8 Å². The number of nitrogens with one attached hydrogen (secondary N) is 1. The van der Waals surface area contributed by atoms with Gasteiger partial charge < -0.3 is 14.8 Å². The maximum atomic E-state index is 12.6. The molecule has 28 heavy (non-hydrogen) atoms. The van der Waals surface area contributed by atoms with Gasteiger partial charge in [-0.15, -0.1) is 0 Å². The minimum Gasteiger partial charge on any atom is -0.493 e. The number of aryl methyl sites for hydroxylation is 2. The molecular formula is C22H21IN2O3. The van der Waals surface area contributed by atoms with Crippen LogP contribution in [0.15, 0.2) is 48.6 Å². The lowest BCUT2D eigenvalue weighted by atomic mass is 10.1. The second kappa shape index (κ2) is 9.95. The summed E-state index contributed by atoms with van der Waals surface area (Å²) in [6.07, 6.45) is 3.18. The van der Waals surface area contributed by atoms with E-state index in [-0.39, 0.29) is 5.57 Å². The van der Waals surface area contributed by atoms with Crippen molar-refractivity contribution in [1.82, 2.24) is 0 Å². The van der Waals surface area contributed by atoms with Crippen molar-refractivity contribution in [2.24, 2.45) is 0 Å². The normalized spacial score (nSPS) is 10.8. The molecule has 0 saturated carbocycles. The van der Waals surface area contributed by atoms with E-state index < -0.39 is 5.91 Å². The van der Waals surface area contributed by atoms with Crippen LogP contribution in [0.2, 0.25) is 0 Å². The Morgan fingerprint density at radius 3 is 2.57 bits per heavy atom. The lowest BCUT2D eigenvalue weighted by Crippen LogP contribution is -2.15. The van der Waals surface area contributed by atoms with Gasteiger partial charge >= 0.3 is 0 Å². The molecule has 2 aromatic rings. The van der Waals surface area contributed by atoms with Crippen LogP contribution in [-0.4, -0.2) is 19.6 Å². The largest absolute Gasteiger partial charge is 0.493 e. The molecule has 0 bridgehead atoms. The third-order valence-corrected chi connectivity index (χ3v) is 4.79. The molecule has 1 amide bonds. The number of benzene rings is 2. The zero-order chi connectivity index (χ0) is 20.7. The first kappa shape index (κ1) is 21.5. The Bertz CT molecular complexity index is 954. The maximum absolute atomic E-state index is 12.6. The van der Waals surface area contributed by atoms with E-state index in [1.807, 2.05) is 44.2 Å². The molecule has 0 fully saturated rings. The second-order valence-corrected chi connectivity index (χ2v) is 7.19. The van der Waals surface area contributed by atoms with Gasteiger partial charge in [-0.1, -0.05) is 30.9 Å². The average molecular weight is 488 g/mol. The first-order valence-corrected chi connectivity index (χ1v) is 9.59. The highest BCUT2D eigenvalue weighted by Crippen LogP contribution is 2.34. The zero-order valence-electron chi connectivity index (χ0n) is 16.0. The summed E-state index contributed by atoms with van der Waals surface area (Å²) in [5.74, 6) is 0.659. The van der Waals surface area contributed by atoms with Gasteiger partial charge in [-0.3, -0.25) is 4.79 Å². The van der Waals surface area contributed by atoms with Gasteiger partial charge in [-0.05, 0) is 71.3 Å². The van der Waals surface area contributed by atoms with E-state index in [2.05, 4.69) is 34.5 Å². The standard InChI is InChI=1S/C22H21IN2O3/c1-5-9-28-21-18(23)11-16(12-19(21)27-4)10-17(13-24)22(26)25-20-14(2)7-6-8-15(20)3/h5-8,10-12H,1,9H2,2-4H3,(H,25,26)/b17-10-. The smallest absolute Gasteiger partial charge is 0.266 e. The Labute approximate surface area is 178 Å². The molecule has 0 atom stereocenters. The molecule has 0 aliphatic carbocycles. The summed E-state index contributed by atoms with van der Waals surface area (Å²) in [4.78, 5) is 12.6.